The molecule has 0 saturated carbocycles. The molecule has 0 amide bonds. The third kappa shape index (κ3) is 4.82. The van der Waals surface area contributed by atoms with Crippen LogP contribution >= 0.6 is 0 Å². The lowest BCUT2D eigenvalue weighted by Gasteiger charge is -2.36. The van der Waals surface area contributed by atoms with E-state index >= 15 is 0 Å². The molecule has 1 N–H and O–H groups in total. The van der Waals surface area contributed by atoms with Crippen LogP contribution in [-0.4, -0.2) is 69.2 Å². The van der Waals surface area contributed by atoms with E-state index in [1.165, 1.54) is 0 Å². The molecule has 1 aromatic carbocycles. The van der Waals surface area contributed by atoms with Gasteiger partial charge in [-0.3, -0.25) is 19.4 Å². The number of hydrogen-bond acceptors (Lipinski definition) is 7. The van der Waals surface area contributed by atoms with Gasteiger partial charge in [-0.2, -0.15) is 4.98 Å². The van der Waals surface area contributed by atoms with Crippen LogP contribution in [0.3, 0.4) is 0 Å². The molecule has 0 spiro atoms. The van der Waals surface area contributed by atoms with Crippen LogP contribution in [0.1, 0.15) is 64.8 Å². The maximum Gasteiger partial charge on any atom is 0.244 e. The number of carbonyl (C=O) groups excluding carboxylic acids is 2. The summed E-state index contributed by atoms with van der Waals surface area (Å²) in [7, 11) is 0. The van der Waals surface area contributed by atoms with Crippen LogP contribution in [0.25, 0.3) is 11.4 Å². The molecule has 0 radical (unpaired) electrons. The quantitative estimate of drug-likeness (QED) is 0.524. The Bertz CT molecular complexity index is 1130. The number of ketones is 2. The maximum atomic E-state index is 13.0. The van der Waals surface area contributed by atoms with Gasteiger partial charge in [-0.1, -0.05) is 42.4 Å². The molecular formula is C25H31N5O3. The van der Waals surface area contributed by atoms with Crippen molar-refractivity contribution in [3.05, 3.63) is 58.7 Å². The Kier molecular flexibility index (Phi) is 6.85. The fraction of sp³-hybridized carbons (Fsp3) is 0.440. The van der Waals surface area contributed by atoms with Gasteiger partial charge < -0.3 is 9.51 Å². The Morgan fingerprint density at radius 3 is 2.48 bits per heavy atom. The number of aryl methyl sites for hydroxylation is 1. The van der Waals surface area contributed by atoms with E-state index in [-0.39, 0.29) is 17.6 Å². The molecule has 0 aliphatic carbocycles. The molecule has 33 heavy (non-hydrogen) atoms. The van der Waals surface area contributed by atoms with Crippen molar-refractivity contribution < 1.29 is 14.1 Å². The summed E-state index contributed by atoms with van der Waals surface area (Å²) >= 11 is 0. The van der Waals surface area contributed by atoms with Crippen molar-refractivity contribution in [2.45, 2.75) is 40.2 Å². The summed E-state index contributed by atoms with van der Waals surface area (Å²) in [5.41, 5.74) is 3.78. The van der Waals surface area contributed by atoms with E-state index in [4.69, 9.17) is 4.52 Å². The van der Waals surface area contributed by atoms with E-state index < -0.39 is 0 Å². The Hall–Kier alpha value is -3.10. The minimum absolute atomic E-state index is 0.00120. The van der Waals surface area contributed by atoms with E-state index in [9.17, 15) is 9.59 Å². The monoisotopic (exact) mass is 449 g/mol. The lowest BCUT2D eigenvalue weighted by molar-refractivity contribution is 0.0734. The molecule has 3 aromatic rings. The molecule has 1 aliphatic rings. The third-order valence-corrected chi connectivity index (χ3v) is 6.43. The van der Waals surface area contributed by atoms with Gasteiger partial charge in [0.05, 0.1) is 18.3 Å². The number of carbonyl (C=O) groups is 2. The predicted octanol–water partition coefficient (Wildman–Crippen LogP) is 3.70. The first-order valence-corrected chi connectivity index (χ1v) is 11.5. The van der Waals surface area contributed by atoms with Gasteiger partial charge in [-0.25, -0.2) is 0 Å². The lowest BCUT2D eigenvalue weighted by atomic mass is 10.0. The van der Waals surface area contributed by atoms with Crippen LogP contribution in [0.5, 0.6) is 0 Å². The van der Waals surface area contributed by atoms with E-state index in [0.717, 1.165) is 43.0 Å². The fourth-order valence-corrected chi connectivity index (χ4v) is 4.60. The van der Waals surface area contributed by atoms with E-state index in [1.54, 1.807) is 6.92 Å². The first-order valence-electron chi connectivity index (χ1n) is 11.5. The second-order valence-electron chi connectivity index (χ2n) is 8.62. The van der Waals surface area contributed by atoms with Gasteiger partial charge in [0.1, 0.15) is 0 Å². The zero-order valence-electron chi connectivity index (χ0n) is 19.7. The van der Waals surface area contributed by atoms with Crippen molar-refractivity contribution in [3.63, 3.8) is 0 Å². The van der Waals surface area contributed by atoms with Crippen molar-refractivity contribution in [1.29, 1.82) is 0 Å². The Morgan fingerprint density at radius 2 is 1.85 bits per heavy atom. The second kappa shape index (κ2) is 9.80. The molecule has 1 aliphatic heterocycles. The largest absolute Gasteiger partial charge is 0.355 e. The molecule has 1 atom stereocenters. The number of benzene rings is 1. The van der Waals surface area contributed by atoms with E-state index in [0.29, 0.717) is 35.9 Å². The molecule has 1 fully saturated rings. The molecule has 8 nitrogen and oxygen atoms in total. The van der Waals surface area contributed by atoms with Crippen molar-refractivity contribution in [2.75, 3.05) is 32.7 Å². The average Bonchev–Trinajstić information content (AvgIpc) is 3.44. The summed E-state index contributed by atoms with van der Waals surface area (Å²) in [5.74, 6) is 1.23. The molecule has 3 heterocycles. The summed E-state index contributed by atoms with van der Waals surface area (Å²) in [4.78, 5) is 37.2. The number of aromatic nitrogens is 3. The molecule has 0 bridgehead atoms. The Morgan fingerprint density at radius 1 is 1.15 bits per heavy atom. The lowest BCUT2D eigenvalue weighted by Crippen LogP contribution is -2.48. The number of H-pyrrole nitrogens is 1. The molecule has 8 heteroatoms. The van der Waals surface area contributed by atoms with Gasteiger partial charge in [-0.05, 0) is 32.8 Å². The van der Waals surface area contributed by atoms with Crippen molar-refractivity contribution in [2.24, 2.45) is 0 Å². The van der Waals surface area contributed by atoms with Gasteiger partial charge in [0, 0.05) is 43.0 Å². The topological polar surface area (TPSA) is 95.3 Å². The molecule has 1 saturated heterocycles. The zero-order chi connectivity index (χ0) is 23.5. The second-order valence-corrected chi connectivity index (χ2v) is 8.62. The average molecular weight is 450 g/mol. The van der Waals surface area contributed by atoms with Crippen LogP contribution in [0.15, 0.2) is 34.9 Å². The highest BCUT2D eigenvalue weighted by Crippen LogP contribution is 2.24. The molecule has 1 unspecified atom stereocenters. The first kappa shape index (κ1) is 23.1. The number of hydrogen-bond donors (Lipinski definition) is 1. The fourth-order valence-electron chi connectivity index (χ4n) is 4.60. The van der Waals surface area contributed by atoms with Crippen LogP contribution in [0.2, 0.25) is 0 Å². The Labute approximate surface area is 194 Å². The van der Waals surface area contributed by atoms with Gasteiger partial charge in [0.25, 0.3) is 0 Å². The summed E-state index contributed by atoms with van der Waals surface area (Å²) in [6.07, 6.45) is 0.654. The number of aromatic amines is 1. The maximum absolute atomic E-state index is 13.0. The molecule has 4 rings (SSSR count). The van der Waals surface area contributed by atoms with Crippen molar-refractivity contribution in [1.82, 2.24) is 24.9 Å². The van der Waals surface area contributed by atoms with Crippen molar-refractivity contribution >= 4 is 11.6 Å². The Balaban J connectivity index is 1.36. The summed E-state index contributed by atoms with van der Waals surface area (Å²) in [5, 5.41) is 4.13. The zero-order valence-corrected chi connectivity index (χ0v) is 19.7. The SMILES string of the molecule is CCc1c(C(=O)CN2CCN(C(C)c3nc(-c4ccccc4)no3)CC2)[nH]c(C)c1C(C)=O. The van der Waals surface area contributed by atoms with Crippen LogP contribution in [0.4, 0.5) is 0 Å². The predicted molar refractivity (Wildman–Crippen MR) is 125 cm³/mol. The van der Waals surface area contributed by atoms with Gasteiger partial charge in [0.2, 0.25) is 11.7 Å². The third-order valence-electron chi connectivity index (χ3n) is 6.43. The normalized spacial score (nSPS) is 16.1. The molecule has 2 aromatic heterocycles. The van der Waals surface area contributed by atoms with Gasteiger partial charge >= 0.3 is 0 Å². The number of nitrogens with one attached hydrogen (secondary N) is 1. The summed E-state index contributed by atoms with van der Waals surface area (Å²) in [6, 6.07) is 9.79. The number of piperazine rings is 1. The van der Waals surface area contributed by atoms with Crippen LogP contribution in [0, 0.1) is 6.92 Å². The van der Waals surface area contributed by atoms with E-state index in [1.807, 2.05) is 44.2 Å². The molecular weight excluding hydrogens is 418 g/mol. The highest BCUT2D eigenvalue weighted by atomic mass is 16.5. The first-order chi connectivity index (χ1) is 15.9. The summed E-state index contributed by atoms with van der Waals surface area (Å²) in [6.45, 7) is 11.0. The standard InChI is InChI=1S/C25H31N5O3/c1-5-20-22(18(4)31)16(2)26-23(20)21(32)15-29-11-13-30(14-12-29)17(3)25-27-24(28-33-25)19-9-7-6-8-10-19/h6-10,17,26H,5,11-15H2,1-4H3. The minimum Gasteiger partial charge on any atom is -0.355 e. The number of nitrogens with zero attached hydrogens (tertiary/aromatic N) is 4. The smallest absolute Gasteiger partial charge is 0.244 e. The number of Topliss-reactive ketones (excluding diaryl/α,β-unsaturated/α-hetero) is 2. The van der Waals surface area contributed by atoms with Crippen LogP contribution in [-0.2, 0) is 6.42 Å². The van der Waals surface area contributed by atoms with Gasteiger partial charge in [0.15, 0.2) is 11.6 Å². The minimum atomic E-state index is -0.00120. The highest BCUT2D eigenvalue weighted by molar-refractivity contribution is 6.04. The van der Waals surface area contributed by atoms with Crippen LogP contribution < -0.4 is 0 Å². The number of rotatable bonds is 8. The van der Waals surface area contributed by atoms with E-state index in [2.05, 4.69) is 31.8 Å². The molecule has 174 valence electrons. The highest BCUT2D eigenvalue weighted by Gasteiger charge is 2.28. The van der Waals surface area contributed by atoms with Gasteiger partial charge in [-0.15, -0.1) is 0 Å². The summed E-state index contributed by atoms with van der Waals surface area (Å²) < 4.78 is 5.54. The van der Waals surface area contributed by atoms with Crippen molar-refractivity contribution in [3.8, 4) is 11.4 Å².